The minimum Gasteiger partial charge on any atom is -0.353 e. The number of hydrogen-bond donors (Lipinski definition) is 1. The topological polar surface area (TPSA) is 42.0 Å². The van der Waals surface area contributed by atoms with Gasteiger partial charge < -0.3 is 5.32 Å². The number of amides is 1. The summed E-state index contributed by atoms with van der Waals surface area (Å²) in [5, 5.41) is 3.95. The normalized spacial score (nSPS) is 16.5. The lowest BCUT2D eigenvalue weighted by molar-refractivity contribution is -0.123. The van der Waals surface area contributed by atoms with Gasteiger partial charge in [-0.1, -0.05) is 49.1 Å². The van der Waals surface area contributed by atoms with Gasteiger partial charge in [-0.05, 0) is 48.6 Å². The first kappa shape index (κ1) is 17.0. The highest BCUT2D eigenvalue weighted by molar-refractivity contribution is 6.30. The second-order valence-electron chi connectivity index (χ2n) is 6.51. The zero-order valence-corrected chi connectivity index (χ0v) is 14.5. The zero-order chi connectivity index (χ0) is 16.8. The van der Waals surface area contributed by atoms with E-state index in [1.807, 2.05) is 42.6 Å². The lowest BCUT2D eigenvalue weighted by atomic mass is 9.90. The standard InChI is InChI=1S/C20H23ClN2O/c21-17-10-8-16(9-11-17)19(13-15-5-4-12-22-14-15)20(24)23-18-6-2-1-3-7-18/h4-5,8-12,14,18-19H,1-3,6-7,13H2,(H,23,24). The van der Waals surface area contributed by atoms with E-state index in [0.717, 1.165) is 24.0 Å². The zero-order valence-electron chi connectivity index (χ0n) is 13.7. The minimum absolute atomic E-state index is 0.105. The molecule has 1 saturated carbocycles. The van der Waals surface area contributed by atoms with Crippen molar-refractivity contribution in [3.05, 3.63) is 64.9 Å². The fourth-order valence-electron chi connectivity index (χ4n) is 3.36. The number of carbonyl (C=O) groups is 1. The molecule has 2 aromatic rings. The molecular weight excluding hydrogens is 320 g/mol. The molecule has 1 aromatic heterocycles. The van der Waals surface area contributed by atoms with Crippen molar-refractivity contribution < 1.29 is 4.79 Å². The van der Waals surface area contributed by atoms with Crippen LogP contribution in [0.2, 0.25) is 5.02 Å². The van der Waals surface area contributed by atoms with Crippen LogP contribution in [0.4, 0.5) is 0 Å². The Labute approximate surface area is 148 Å². The summed E-state index contributed by atoms with van der Waals surface area (Å²) < 4.78 is 0. The molecule has 1 N–H and O–H groups in total. The number of carbonyl (C=O) groups excluding carboxylic acids is 1. The third-order valence-electron chi connectivity index (χ3n) is 4.70. The van der Waals surface area contributed by atoms with Crippen LogP contribution in [0.5, 0.6) is 0 Å². The maximum absolute atomic E-state index is 12.9. The number of rotatable bonds is 5. The first-order chi connectivity index (χ1) is 11.7. The Morgan fingerprint density at radius 2 is 1.92 bits per heavy atom. The van der Waals surface area contributed by atoms with Crippen LogP contribution in [0.3, 0.4) is 0 Å². The van der Waals surface area contributed by atoms with Crippen molar-refractivity contribution in [2.75, 3.05) is 0 Å². The van der Waals surface area contributed by atoms with Crippen LogP contribution in [-0.2, 0) is 11.2 Å². The monoisotopic (exact) mass is 342 g/mol. The van der Waals surface area contributed by atoms with E-state index >= 15 is 0 Å². The summed E-state index contributed by atoms with van der Waals surface area (Å²) in [6, 6.07) is 11.8. The summed E-state index contributed by atoms with van der Waals surface area (Å²) in [4.78, 5) is 17.1. The van der Waals surface area contributed by atoms with E-state index in [0.29, 0.717) is 17.5 Å². The minimum atomic E-state index is -0.214. The molecule has 1 aliphatic carbocycles. The van der Waals surface area contributed by atoms with E-state index in [9.17, 15) is 4.79 Å². The average molecular weight is 343 g/mol. The molecule has 0 bridgehead atoms. The number of halogens is 1. The van der Waals surface area contributed by atoms with Crippen molar-refractivity contribution in [1.29, 1.82) is 0 Å². The van der Waals surface area contributed by atoms with Crippen molar-refractivity contribution in [3.63, 3.8) is 0 Å². The molecule has 1 unspecified atom stereocenters. The molecule has 1 aromatic carbocycles. The highest BCUT2D eigenvalue weighted by Crippen LogP contribution is 2.25. The van der Waals surface area contributed by atoms with Gasteiger partial charge in [0.05, 0.1) is 5.92 Å². The fraction of sp³-hybridized carbons (Fsp3) is 0.400. The summed E-state index contributed by atoms with van der Waals surface area (Å²) >= 11 is 6.00. The van der Waals surface area contributed by atoms with E-state index < -0.39 is 0 Å². The van der Waals surface area contributed by atoms with E-state index in [2.05, 4.69) is 10.3 Å². The predicted molar refractivity (Wildman–Crippen MR) is 97.1 cm³/mol. The number of nitrogens with zero attached hydrogens (tertiary/aromatic N) is 1. The molecule has 1 fully saturated rings. The van der Waals surface area contributed by atoms with Crippen LogP contribution in [0, 0.1) is 0 Å². The molecule has 0 spiro atoms. The predicted octanol–water partition coefficient (Wildman–Crippen LogP) is 4.51. The average Bonchev–Trinajstić information content (AvgIpc) is 2.62. The molecule has 4 heteroatoms. The number of benzene rings is 1. The number of nitrogens with one attached hydrogen (secondary N) is 1. The molecule has 0 radical (unpaired) electrons. The van der Waals surface area contributed by atoms with Gasteiger partial charge in [0, 0.05) is 23.5 Å². The first-order valence-electron chi connectivity index (χ1n) is 8.67. The molecule has 1 amide bonds. The number of hydrogen-bond acceptors (Lipinski definition) is 2. The van der Waals surface area contributed by atoms with Gasteiger partial charge in [0.1, 0.15) is 0 Å². The summed E-state index contributed by atoms with van der Waals surface area (Å²) in [5.74, 6) is -0.110. The van der Waals surface area contributed by atoms with Gasteiger partial charge in [0.2, 0.25) is 5.91 Å². The van der Waals surface area contributed by atoms with Gasteiger partial charge in [0.25, 0.3) is 0 Å². The summed E-state index contributed by atoms with van der Waals surface area (Å²) in [5.41, 5.74) is 2.06. The number of pyridine rings is 1. The van der Waals surface area contributed by atoms with Crippen LogP contribution < -0.4 is 5.32 Å². The molecule has 126 valence electrons. The smallest absolute Gasteiger partial charge is 0.228 e. The Bertz CT molecular complexity index is 651. The van der Waals surface area contributed by atoms with Gasteiger partial charge in [-0.25, -0.2) is 0 Å². The SMILES string of the molecule is O=C(NC1CCCCC1)C(Cc1cccnc1)c1ccc(Cl)cc1. The summed E-state index contributed by atoms with van der Waals surface area (Å²) in [7, 11) is 0. The van der Waals surface area contributed by atoms with Crippen LogP contribution >= 0.6 is 11.6 Å². The van der Waals surface area contributed by atoms with E-state index in [1.54, 1.807) is 6.20 Å². The fourth-order valence-corrected chi connectivity index (χ4v) is 3.49. The highest BCUT2D eigenvalue weighted by atomic mass is 35.5. The van der Waals surface area contributed by atoms with Gasteiger partial charge in [-0.15, -0.1) is 0 Å². The Morgan fingerprint density at radius 1 is 1.17 bits per heavy atom. The van der Waals surface area contributed by atoms with E-state index in [4.69, 9.17) is 11.6 Å². The molecule has 0 saturated heterocycles. The van der Waals surface area contributed by atoms with Crippen molar-refractivity contribution in [1.82, 2.24) is 10.3 Å². The molecule has 3 nitrogen and oxygen atoms in total. The van der Waals surface area contributed by atoms with Crippen LogP contribution in [-0.4, -0.2) is 16.9 Å². The first-order valence-corrected chi connectivity index (χ1v) is 9.05. The Kier molecular flexibility index (Phi) is 5.86. The van der Waals surface area contributed by atoms with Gasteiger partial charge >= 0.3 is 0 Å². The van der Waals surface area contributed by atoms with Gasteiger partial charge in [-0.3, -0.25) is 9.78 Å². The Hall–Kier alpha value is -1.87. The van der Waals surface area contributed by atoms with E-state index in [-0.39, 0.29) is 11.8 Å². The lowest BCUT2D eigenvalue weighted by Gasteiger charge is -2.26. The maximum Gasteiger partial charge on any atom is 0.228 e. The molecule has 24 heavy (non-hydrogen) atoms. The number of aromatic nitrogens is 1. The maximum atomic E-state index is 12.9. The Balaban J connectivity index is 1.77. The van der Waals surface area contributed by atoms with Crippen LogP contribution in [0.15, 0.2) is 48.8 Å². The second-order valence-corrected chi connectivity index (χ2v) is 6.95. The second kappa shape index (κ2) is 8.29. The molecule has 1 heterocycles. The van der Waals surface area contributed by atoms with Crippen LogP contribution in [0.1, 0.15) is 49.1 Å². The Morgan fingerprint density at radius 3 is 2.58 bits per heavy atom. The highest BCUT2D eigenvalue weighted by Gasteiger charge is 2.24. The van der Waals surface area contributed by atoms with Gasteiger partial charge in [-0.2, -0.15) is 0 Å². The van der Waals surface area contributed by atoms with Crippen molar-refractivity contribution in [2.45, 2.75) is 50.5 Å². The molecule has 3 rings (SSSR count). The largest absolute Gasteiger partial charge is 0.353 e. The van der Waals surface area contributed by atoms with Crippen molar-refractivity contribution in [3.8, 4) is 0 Å². The van der Waals surface area contributed by atoms with Gasteiger partial charge in [0.15, 0.2) is 0 Å². The van der Waals surface area contributed by atoms with Crippen molar-refractivity contribution in [2.24, 2.45) is 0 Å². The van der Waals surface area contributed by atoms with Crippen LogP contribution in [0.25, 0.3) is 0 Å². The molecular formula is C20H23ClN2O. The molecule has 1 aliphatic rings. The van der Waals surface area contributed by atoms with Crippen molar-refractivity contribution >= 4 is 17.5 Å². The third kappa shape index (κ3) is 4.57. The third-order valence-corrected chi connectivity index (χ3v) is 4.96. The van der Waals surface area contributed by atoms with E-state index in [1.165, 1.54) is 19.3 Å². The summed E-state index contributed by atoms with van der Waals surface area (Å²) in [6.07, 6.45) is 10.1. The molecule has 0 aliphatic heterocycles. The molecule has 1 atom stereocenters. The quantitative estimate of drug-likeness (QED) is 0.868. The lowest BCUT2D eigenvalue weighted by Crippen LogP contribution is -2.39. The summed E-state index contributed by atoms with van der Waals surface area (Å²) in [6.45, 7) is 0.